The zero-order valence-electron chi connectivity index (χ0n) is 24.2. The van der Waals surface area contributed by atoms with E-state index in [1.54, 1.807) is 0 Å². The van der Waals surface area contributed by atoms with Crippen LogP contribution in [0.2, 0.25) is 0 Å². The van der Waals surface area contributed by atoms with Crippen LogP contribution in [0.5, 0.6) is 0 Å². The maximum absolute atomic E-state index is 2.44. The van der Waals surface area contributed by atoms with Crippen molar-refractivity contribution in [3.8, 4) is 33.4 Å². The van der Waals surface area contributed by atoms with Crippen LogP contribution in [0.15, 0.2) is 170 Å². The molecule has 9 aromatic rings. The second-order valence-electron chi connectivity index (χ2n) is 11.7. The molecule has 9 aromatic carbocycles. The average Bonchev–Trinajstić information content (AvgIpc) is 3.10. The second kappa shape index (κ2) is 9.93. The van der Waals surface area contributed by atoms with E-state index >= 15 is 0 Å². The van der Waals surface area contributed by atoms with Crippen LogP contribution in [0, 0.1) is 0 Å². The number of hydrogen-bond acceptors (Lipinski definition) is 0. The van der Waals surface area contributed by atoms with Crippen LogP contribution < -0.4 is 0 Å². The van der Waals surface area contributed by atoms with E-state index in [9.17, 15) is 0 Å². The summed E-state index contributed by atoms with van der Waals surface area (Å²) in [6, 6.07) is 62.3. The molecule has 0 heterocycles. The molecular formula is C44H28. The summed E-state index contributed by atoms with van der Waals surface area (Å²) >= 11 is 0. The van der Waals surface area contributed by atoms with Crippen molar-refractivity contribution in [2.45, 2.75) is 0 Å². The van der Waals surface area contributed by atoms with E-state index in [4.69, 9.17) is 0 Å². The first-order valence-corrected chi connectivity index (χ1v) is 15.3. The fourth-order valence-electron chi connectivity index (χ4n) is 7.22. The molecule has 0 unspecified atom stereocenters. The van der Waals surface area contributed by atoms with Gasteiger partial charge in [-0.25, -0.2) is 0 Å². The van der Waals surface area contributed by atoms with E-state index in [2.05, 4.69) is 170 Å². The number of fused-ring (bicyclic) bond motifs is 6. The molecule has 0 amide bonds. The molecule has 0 N–H and O–H groups in total. The van der Waals surface area contributed by atoms with Gasteiger partial charge in [0, 0.05) is 0 Å². The SMILES string of the molecule is c1ccc(-c2c3ccccc3c(-c3ccccc3)c3cc(-c4cccc5ccc6cc7ccccc7cc6c45)ccc23)cc1. The van der Waals surface area contributed by atoms with Crippen molar-refractivity contribution in [1.82, 2.24) is 0 Å². The first-order chi connectivity index (χ1) is 21.8. The lowest BCUT2D eigenvalue weighted by atomic mass is 9.84. The molecule has 0 bridgehead atoms. The topological polar surface area (TPSA) is 0 Å². The first kappa shape index (κ1) is 24.8. The lowest BCUT2D eigenvalue weighted by Gasteiger charge is -2.19. The smallest absolute Gasteiger partial charge is 0.00262 e. The van der Waals surface area contributed by atoms with Gasteiger partial charge in [0.2, 0.25) is 0 Å². The molecular weight excluding hydrogens is 528 g/mol. The summed E-state index contributed by atoms with van der Waals surface area (Å²) in [6.45, 7) is 0. The molecule has 0 saturated heterocycles. The Morgan fingerprint density at radius 1 is 0.250 bits per heavy atom. The van der Waals surface area contributed by atoms with E-state index in [0.717, 1.165) is 0 Å². The Balaban J connectivity index is 1.41. The normalized spacial score (nSPS) is 11.6. The maximum Gasteiger partial charge on any atom is -0.00262 e. The van der Waals surface area contributed by atoms with Gasteiger partial charge in [-0.15, -0.1) is 0 Å². The number of hydrogen-bond donors (Lipinski definition) is 0. The highest BCUT2D eigenvalue weighted by atomic mass is 14.2. The molecule has 9 rings (SSSR count). The summed E-state index contributed by atoms with van der Waals surface area (Å²) in [4.78, 5) is 0. The van der Waals surface area contributed by atoms with Gasteiger partial charge < -0.3 is 0 Å². The molecule has 0 aliphatic carbocycles. The summed E-state index contributed by atoms with van der Waals surface area (Å²) in [5.41, 5.74) is 7.55. The molecule has 0 fully saturated rings. The summed E-state index contributed by atoms with van der Waals surface area (Å²) in [6.07, 6.45) is 0. The van der Waals surface area contributed by atoms with Crippen molar-refractivity contribution in [1.29, 1.82) is 0 Å². The average molecular weight is 557 g/mol. The van der Waals surface area contributed by atoms with Gasteiger partial charge in [-0.2, -0.15) is 0 Å². The van der Waals surface area contributed by atoms with E-state index in [1.807, 2.05) is 0 Å². The second-order valence-corrected chi connectivity index (χ2v) is 11.7. The Morgan fingerprint density at radius 2 is 0.795 bits per heavy atom. The van der Waals surface area contributed by atoms with Crippen LogP contribution in [0.1, 0.15) is 0 Å². The third kappa shape index (κ3) is 3.85. The summed E-state index contributed by atoms with van der Waals surface area (Å²) in [5, 5.41) is 12.8. The highest BCUT2D eigenvalue weighted by Crippen LogP contribution is 2.45. The van der Waals surface area contributed by atoms with E-state index in [0.29, 0.717) is 0 Å². The van der Waals surface area contributed by atoms with Gasteiger partial charge in [0.05, 0.1) is 0 Å². The summed E-state index contributed by atoms with van der Waals surface area (Å²) in [5.74, 6) is 0. The lowest BCUT2D eigenvalue weighted by molar-refractivity contribution is 1.64. The zero-order chi connectivity index (χ0) is 29.0. The van der Waals surface area contributed by atoms with Crippen molar-refractivity contribution >= 4 is 53.9 Å². The predicted molar refractivity (Wildman–Crippen MR) is 190 cm³/mol. The van der Waals surface area contributed by atoms with Crippen molar-refractivity contribution in [2.24, 2.45) is 0 Å². The van der Waals surface area contributed by atoms with Crippen LogP contribution in [0.25, 0.3) is 87.2 Å². The molecule has 0 radical (unpaired) electrons. The van der Waals surface area contributed by atoms with E-state index in [1.165, 1.54) is 87.2 Å². The fourth-order valence-corrected chi connectivity index (χ4v) is 7.22. The van der Waals surface area contributed by atoms with Crippen LogP contribution in [-0.2, 0) is 0 Å². The molecule has 0 aliphatic rings. The predicted octanol–water partition coefficient (Wildman–Crippen LogP) is 12.5. The van der Waals surface area contributed by atoms with Gasteiger partial charge in [-0.1, -0.05) is 152 Å². The molecule has 0 heteroatoms. The Morgan fingerprint density at radius 3 is 1.50 bits per heavy atom. The minimum Gasteiger partial charge on any atom is -0.0622 e. The molecule has 0 aromatic heterocycles. The van der Waals surface area contributed by atoms with Gasteiger partial charge in [-0.05, 0) is 105 Å². The molecule has 44 heavy (non-hydrogen) atoms. The highest BCUT2D eigenvalue weighted by Gasteiger charge is 2.18. The number of benzene rings is 9. The minimum atomic E-state index is 1.23. The van der Waals surface area contributed by atoms with Crippen molar-refractivity contribution in [3.05, 3.63) is 170 Å². The minimum absolute atomic E-state index is 1.23. The van der Waals surface area contributed by atoms with Gasteiger partial charge in [-0.3, -0.25) is 0 Å². The Hall–Kier alpha value is -5.72. The largest absolute Gasteiger partial charge is 0.0622 e. The van der Waals surface area contributed by atoms with Crippen LogP contribution >= 0.6 is 0 Å². The standard InChI is InChI=1S/C44H28/c1-3-12-29(13-4-1)43-37-19-9-10-20-38(37)44(30-14-5-2-6-15-30)41-28-35(24-25-39(41)43)36-21-11-18-31-22-23-34-26-32-16-7-8-17-33(32)27-40(34)42(31)36/h1-28H. The maximum atomic E-state index is 2.44. The zero-order valence-corrected chi connectivity index (χ0v) is 24.2. The molecule has 204 valence electrons. The van der Waals surface area contributed by atoms with Crippen LogP contribution in [-0.4, -0.2) is 0 Å². The first-order valence-electron chi connectivity index (χ1n) is 15.3. The van der Waals surface area contributed by atoms with E-state index in [-0.39, 0.29) is 0 Å². The van der Waals surface area contributed by atoms with Crippen LogP contribution in [0.4, 0.5) is 0 Å². The van der Waals surface area contributed by atoms with Crippen molar-refractivity contribution in [3.63, 3.8) is 0 Å². The molecule has 0 saturated carbocycles. The Bertz CT molecular complexity index is 2520. The monoisotopic (exact) mass is 556 g/mol. The molecule has 0 aliphatic heterocycles. The summed E-state index contributed by atoms with van der Waals surface area (Å²) < 4.78 is 0. The highest BCUT2D eigenvalue weighted by molar-refractivity contribution is 6.23. The summed E-state index contributed by atoms with van der Waals surface area (Å²) in [7, 11) is 0. The Labute approximate surface area is 256 Å². The fraction of sp³-hybridized carbons (Fsp3) is 0. The third-order valence-electron chi connectivity index (χ3n) is 9.19. The van der Waals surface area contributed by atoms with Gasteiger partial charge >= 0.3 is 0 Å². The molecule has 0 atom stereocenters. The van der Waals surface area contributed by atoms with Gasteiger partial charge in [0.15, 0.2) is 0 Å². The third-order valence-corrected chi connectivity index (χ3v) is 9.19. The van der Waals surface area contributed by atoms with Gasteiger partial charge in [0.1, 0.15) is 0 Å². The molecule has 0 nitrogen and oxygen atoms in total. The lowest BCUT2D eigenvalue weighted by Crippen LogP contribution is -1.92. The van der Waals surface area contributed by atoms with Crippen LogP contribution in [0.3, 0.4) is 0 Å². The molecule has 0 spiro atoms. The van der Waals surface area contributed by atoms with Crippen molar-refractivity contribution in [2.75, 3.05) is 0 Å². The van der Waals surface area contributed by atoms with E-state index < -0.39 is 0 Å². The Kier molecular flexibility index (Phi) is 5.61. The quantitative estimate of drug-likeness (QED) is 0.150. The number of rotatable bonds is 3. The van der Waals surface area contributed by atoms with Gasteiger partial charge in [0.25, 0.3) is 0 Å². The van der Waals surface area contributed by atoms with Crippen molar-refractivity contribution < 1.29 is 0 Å².